The fourth-order valence-electron chi connectivity index (χ4n) is 4.15. The Morgan fingerprint density at radius 1 is 1.06 bits per heavy atom. The largest absolute Gasteiger partial charge is 0.352 e. The zero-order valence-electron chi connectivity index (χ0n) is 20.1. The van der Waals surface area contributed by atoms with Crippen molar-refractivity contribution in [1.82, 2.24) is 10.2 Å². The summed E-state index contributed by atoms with van der Waals surface area (Å²) >= 11 is 12.7. The van der Waals surface area contributed by atoms with Crippen LogP contribution in [-0.2, 0) is 26.2 Å². The molecule has 1 saturated carbocycles. The number of halogens is 2. The quantitative estimate of drug-likeness (QED) is 0.506. The van der Waals surface area contributed by atoms with Gasteiger partial charge in [0, 0.05) is 28.2 Å². The molecule has 1 atom stereocenters. The first-order valence-electron chi connectivity index (χ1n) is 11.5. The van der Waals surface area contributed by atoms with Gasteiger partial charge in [0.05, 0.1) is 11.9 Å². The first kappa shape index (κ1) is 27.3. The number of anilines is 1. The molecule has 1 fully saturated rings. The Morgan fingerprint density at radius 2 is 1.63 bits per heavy atom. The number of hydrogen-bond donors (Lipinski definition) is 1. The molecular formula is C25H31Cl2N3O4S. The highest BCUT2D eigenvalue weighted by atomic mass is 35.5. The third kappa shape index (κ3) is 7.12. The van der Waals surface area contributed by atoms with Crippen molar-refractivity contribution < 1.29 is 18.0 Å². The van der Waals surface area contributed by atoms with E-state index in [1.165, 1.54) is 4.90 Å². The van der Waals surface area contributed by atoms with Crippen molar-refractivity contribution in [3.63, 3.8) is 0 Å². The second-order valence-electron chi connectivity index (χ2n) is 8.99. The van der Waals surface area contributed by atoms with E-state index in [1.54, 1.807) is 49.4 Å². The molecule has 0 saturated heterocycles. The van der Waals surface area contributed by atoms with Gasteiger partial charge in [-0.25, -0.2) is 8.42 Å². The Hall–Kier alpha value is -2.29. The molecule has 190 valence electrons. The Kier molecular flexibility index (Phi) is 9.07. The number of carbonyl (C=O) groups is 2. The van der Waals surface area contributed by atoms with Crippen LogP contribution in [0.2, 0.25) is 10.0 Å². The second-order valence-corrected chi connectivity index (χ2v) is 11.7. The van der Waals surface area contributed by atoms with Crippen molar-refractivity contribution in [2.45, 2.75) is 58.2 Å². The minimum absolute atomic E-state index is 0.0396. The lowest BCUT2D eigenvalue weighted by atomic mass is 10.1. The molecule has 2 aromatic carbocycles. The Morgan fingerprint density at radius 3 is 2.17 bits per heavy atom. The Labute approximate surface area is 217 Å². The third-order valence-corrected chi connectivity index (χ3v) is 8.11. The van der Waals surface area contributed by atoms with E-state index in [2.05, 4.69) is 5.32 Å². The molecule has 1 aliphatic carbocycles. The molecule has 0 unspecified atom stereocenters. The standard InChI is InChI=1S/C25H31Cl2N3O4S/c1-17-11-13-20(14-12-17)30(35(3,33)34)16-24(31)29(15-21-22(26)9-6-10-23(21)27)18(2)25(32)28-19-7-4-5-8-19/h6,9-14,18-19H,4-5,7-8,15-16H2,1-3H3,(H,28,32)/t18-/m0/s1. The van der Waals surface area contributed by atoms with Crippen LogP contribution in [0.4, 0.5) is 5.69 Å². The third-order valence-electron chi connectivity index (χ3n) is 6.26. The highest BCUT2D eigenvalue weighted by molar-refractivity contribution is 7.92. The van der Waals surface area contributed by atoms with Crippen molar-refractivity contribution in [2.24, 2.45) is 0 Å². The average Bonchev–Trinajstić information content (AvgIpc) is 3.30. The molecule has 2 amide bonds. The average molecular weight is 541 g/mol. The van der Waals surface area contributed by atoms with Crippen molar-refractivity contribution in [1.29, 1.82) is 0 Å². The summed E-state index contributed by atoms with van der Waals surface area (Å²) in [5, 5.41) is 3.74. The predicted octanol–water partition coefficient (Wildman–Crippen LogP) is 4.54. The van der Waals surface area contributed by atoms with E-state index in [-0.39, 0.29) is 18.5 Å². The van der Waals surface area contributed by atoms with Gasteiger partial charge in [-0.05, 0) is 51.0 Å². The van der Waals surface area contributed by atoms with Gasteiger partial charge in [-0.1, -0.05) is 59.8 Å². The Balaban J connectivity index is 1.91. The summed E-state index contributed by atoms with van der Waals surface area (Å²) in [6.07, 6.45) is 4.95. The number of benzene rings is 2. The number of hydrogen-bond acceptors (Lipinski definition) is 4. The number of nitrogens with zero attached hydrogens (tertiary/aromatic N) is 2. The lowest BCUT2D eigenvalue weighted by molar-refractivity contribution is -0.139. The lowest BCUT2D eigenvalue weighted by Crippen LogP contribution is -2.52. The molecule has 2 aromatic rings. The fraction of sp³-hybridized carbons (Fsp3) is 0.440. The molecule has 1 N–H and O–H groups in total. The first-order valence-corrected chi connectivity index (χ1v) is 14.1. The van der Waals surface area contributed by atoms with Crippen LogP contribution < -0.4 is 9.62 Å². The van der Waals surface area contributed by atoms with E-state index in [0.717, 1.165) is 41.8 Å². The van der Waals surface area contributed by atoms with Gasteiger partial charge in [0.2, 0.25) is 21.8 Å². The summed E-state index contributed by atoms with van der Waals surface area (Å²) in [7, 11) is -3.78. The van der Waals surface area contributed by atoms with Gasteiger partial charge in [0.1, 0.15) is 12.6 Å². The van der Waals surface area contributed by atoms with Crippen LogP contribution >= 0.6 is 23.2 Å². The maximum Gasteiger partial charge on any atom is 0.244 e. The minimum Gasteiger partial charge on any atom is -0.352 e. The SMILES string of the molecule is Cc1ccc(N(CC(=O)N(Cc2c(Cl)cccc2Cl)[C@@H](C)C(=O)NC2CCCC2)S(C)(=O)=O)cc1. The normalized spacial score (nSPS) is 15.0. The van der Waals surface area contributed by atoms with Crippen LogP contribution in [0.15, 0.2) is 42.5 Å². The molecule has 10 heteroatoms. The summed E-state index contributed by atoms with van der Waals surface area (Å²) in [6, 6.07) is 11.1. The van der Waals surface area contributed by atoms with E-state index in [0.29, 0.717) is 21.3 Å². The number of amides is 2. The van der Waals surface area contributed by atoms with Crippen molar-refractivity contribution in [3.05, 3.63) is 63.6 Å². The summed E-state index contributed by atoms with van der Waals surface area (Å²) in [5.74, 6) is -0.837. The van der Waals surface area contributed by atoms with Crippen LogP contribution in [0.3, 0.4) is 0 Å². The number of aryl methyl sites for hydroxylation is 1. The van der Waals surface area contributed by atoms with Gasteiger partial charge in [-0.2, -0.15) is 0 Å². The van der Waals surface area contributed by atoms with E-state index < -0.39 is 28.5 Å². The molecule has 0 heterocycles. The first-order chi connectivity index (χ1) is 16.5. The number of carbonyl (C=O) groups excluding carboxylic acids is 2. The van der Waals surface area contributed by atoms with Crippen LogP contribution in [0.25, 0.3) is 0 Å². The summed E-state index contributed by atoms with van der Waals surface area (Å²) in [5.41, 5.74) is 1.82. The van der Waals surface area contributed by atoms with Gasteiger partial charge in [0.15, 0.2) is 0 Å². The summed E-state index contributed by atoms with van der Waals surface area (Å²) in [6.45, 7) is 3.01. The summed E-state index contributed by atoms with van der Waals surface area (Å²) < 4.78 is 26.3. The van der Waals surface area contributed by atoms with Crippen LogP contribution in [0, 0.1) is 6.92 Å². The van der Waals surface area contributed by atoms with E-state index >= 15 is 0 Å². The zero-order chi connectivity index (χ0) is 25.8. The van der Waals surface area contributed by atoms with Gasteiger partial charge >= 0.3 is 0 Å². The second kappa shape index (κ2) is 11.6. The molecule has 0 radical (unpaired) electrons. The Bertz CT molecular complexity index is 1150. The lowest BCUT2D eigenvalue weighted by Gasteiger charge is -2.32. The highest BCUT2D eigenvalue weighted by Crippen LogP contribution is 2.27. The molecule has 7 nitrogen and oxygen atoms in total. The van der Waals surface area contributed by atoms with Crippen molar-refractivity contribution in [3.8, 4) is 0 Å². The number of sulfonamides is 1. The monoisotopic (exact) mass is 539 g/mol. The molecule has 0 bridgehead atoms. The van der Waals surface area contributed by atoms with Crippen LogP contribution in [-0.4, -0.2) is 50.0 Å². The molecular weight excluding hydrogens is 509 g/mol. The molecule has 0 aliphatic heterocycles. The van der Waals surface area contributed by atoms with Crippen LogP contribution in [0.1, 0.15) is 43.7 Å². The smallest absolute Gasteiger partial charge is 0.244 e. The van der Waals surface area contributed by atoms with E-state index in [1.807, 2.05) is 6.92 Å². The molecule has 1 aliphatic rings. The molecule has 0 spiro atoms. The number of nitrogens with one attached hydrogen (secondary N) is 1. The maximum absolute atomic E-state index is 13.6. The van der Waals surface area contributed by atoms with Gasteiger partial charge in [-0.15, -0.1) is 0 Å². The van der Waals surface area contributed by atoms with E-state index in [9.17, 15) is 18.0 Å². The van der Waals surface area contributed by atoms with Gasteiger partial charge < -0.3 is 10.2 Å². The van der Waals surface area contributed by atoms with Crippen molar-refractivity contribution >= 4 is 50.7 Å². The zero-order valence-corrected chi connectivity index (χ0v) is 22.5. The topological polar surface area (TPSA) is 86.8 Å². The maximum atomic E-state index is 13.6. The van der Waals surface area contributed by atoms with E-state index in [4.69, 9.17) is 23.2 Å². The van der Waals surface area contributed by atoms with Gasteiger partial charge in [-0.3, -0.25) is 13.9 Å². The molecule has 0 aromatic heterocycles. The molecule has 3 rings (SSSR count). The highest BCUT2D eigenvalue weighted by Gasteiger charge is 2.32. The minimum atomic E-state index is -3.78. The number of rotatable bonds is 9. The van der Waals surface area contributed by atoms with Crippen molar-refractivity contribution in [2.75, 3.05) is 17.1 Å². The fourth-order valence-corrected chi connectivity index (χ4v) is 5.52. The van der Waals surface area contributed by atoms with Gasteiger partial charge in [0.25, 0.3) is 0 Å². The predicted molar refractivity (Wildman–Crippen MR) is 140 cm³/mol. The van der Waals surface area contributed by atoms with Crippen LogP contribution in [0.5, 0.6) is 0 Å². The molecule has 35 heavy (non-hydrogen) atoms. The summed E-state index contributed by atoms with van der Waals surface area (Å²) in [4.78, 5) is 28.0.